The minimum absolute atomic E-state index is 0.00671. The van der Waals surface area contributed by atoms with E-state index in [9.17, 15) is 28.3 Å². The highest BCUT2D eigenvalue weighted by atomic mass is 19.3. The summed E-state index contributed by atoms with van der Waals surface area (Å²) in [6.07, 6.45) is 3.72. The first kappa shape index (κ1) is 35.6. The van der Waals surface area contributed by atoms with Crippen LogP contribution >= 0.6 is 0 Å². The van der Waals surface area contributed by atoms with Gasteiger partial charge in [-0.2, -0.15) is 0 Å². The van der Waals surface area contributed by atoms with Crippen molar-refractivity contribution in [2.24, 2.45) is 0 Å². The van der Waals surface area contributed by atoms with Crippen LogP contribution in [0.5, 0.6) is 0 Å². The number of imidazole rings is 1. The molecule has 3 aromatic rings. The molecule has 1 aliphatic carbocycles. The van der Waals surface area contributed by atoms with Gasteiger partial charge in [-0.1, -0.05) is 6.07 Å². The minimum Gasteiger partial charge on any atom is -0.444 e. The maximum Gasteiger partial charge on any atom is 0.410 e. The molecule has 15 heteroatoms. The summed E-state index contributed by atoms with van der Waals surface area (Å²) in [6.45, 7) is 11.7. The molecule has 0 radical (unpaired) electrons. The zero-order valence-corrected chi connectivity index (χ0v) is 29.0. The summed E-state index contributed by atoms with van der Waals surface area (Å²) < 4.78 is 50.2. The highest BCUT2D eigenvalue weighted by Crippen LogP contribution is 2.55. The lowest BCUT2D eigenvalue weighted by atomic mass is 9.94. The number of piperidine rings is 1. The van der Waals surface area contributed by atoms with Gasteiger partial charge < -0.3 is 29.4 Å². The number of halogens is 3. The number of ether oxygens (including phenoxy) is 1. The first-order valence-electron chi connectivity index (χ1n) is 17.0. The quantitative estimate of drug-likeness (QED) is 0.362. The van der Waals surface area contributed by atoms with E-state index in [1.165, 1.54) is 42.6 Å². The monoisotopic (exact) mass is 699 g/mol. The third-order valence-corrected chi connectivity index (χ3v) is 9.40. The van der Waals surface area contributed by atoms with Gasteiger partial charge in [-0.25, -0.2) is 27.9 Å². The molecule has 0 bridgehead atoms. The molecule has 3 fully saturated rings. The van der Waals surface area contributed by atoms with Crippen molar-refractivity contribution in [2.45, 2.75) is 82.8 Å². The Labute approximate surface area is 288 Å². The third-order valence-electron chi connectivity index (χ3n) is 9.40. The number of amides is 3. The van der Waals surface area contributed by atoms with Crippen LogP contribution in [0.15, 0.2) is 30.6 Å². The van der Waals surface area contributed by atoms with Crippen LogP contribution in [0, 0.1) is 5.82 Å². The molecular formula is C35H44F3N7O5. The maximum atomic E-state index is 16.1. The Balaban J connectivity index is 1.10. The number of nitrogens with one attached hydrogen (secondary N) is 1. The Morgan fingerprint density at radius 3 is 2.22 bits per heavy atom. The van der Waals surface area contributed by atoms with E-state index in [4.69, 9.17) is 4.74 Å². The lowest BCUT2D eigenvalue weighted by Crippen LogP contribution is -2.52. The largest absolute Gasteiger partial charge is 0.444 e. The van der Waals surface area contributed by atoms with Crippen LogP contribution in [-0.4, -0.2) is 109 Å². The number of nitrogens with zero attached hydrogens (tertiary/aromatic N) is 6. The molecule has 0 spiro atoms. The average molecular weight is 700 g/mol. The molecule has 1 atom stereocenters. The fraction of sp³-hybridized carbons (Fsp3) is 0.571. The van der Waals surface area contributed by atoms with Gasteiger partial charge in [0, 0.05) is 69.6 Å². The van der Waals surface area contributed by atoms with Crippen LogP contribution < -0.4 is 5.32 Å². The second kappa shape index (κ2) is 13.1. The molecule has 3 aromatic heterocycles. The zero-order valence-electron chi connectivity index (χ0n) is 29.0. The molecule has 1 saturated carbocycles. The SMILES string of the molecule is CC(C)(C)OC(=O)N1CCN(CC(=O)N2CCC(c3cn4cc(NC(=O)c5cccc(C6CC6(F)F)n5)c(C(C)(C)O)c(F)c4n3)CC2)CC1. The van der Waals surface area contributed by atoms with Crippen LogP contribution in [0.4, 0.5) is 23.7 Å². The summed E-state index contributed by atoms with van der Waals surface area (Å²) in [7, 11) is 0. The van der Waals surface area contributed by atoms with Crippen molar-refractivity contribution in [3.63, 3.8) is 0 Å². The van der Waals surface area contributed by atoms with Gasteiger partial charge in [-0.15, -0.1) is 0 Å². The van der Waals surface area contributed by atoms with Crippen molar-refractivity contribution >= 4 is 29.2 Å². The number of carbonyl (C=O) groups is 3. The number of carbonyl (C=O) groups excluding carboxylic acids is 3. The highest BCUT2D eigenvalue weighted by molar-refractivity contribution is 6.03. The summed E-state index contributed by atoms with van der Waals surface area (Å²) in [4.78, 5) is 52.9. The van der Waals surface area contributed by atoms with Crippen LogP contribution in [0.3, 0.4) is 0 Å². The van der Waals surface area contributed by atoms with Crippen LogP contribution in [0.25, 0.3) is 5.65 Å². The molecule has 5 heterocycles. The first-order valence-corrected chi connectivity index (χ1v) is 17.0. The number of fused-ring (bicyclic) bond motifs is 1. The van der Waals surface area contributed by atoms with E-state index < -0.39 is 34.8 Å². The van der Waals surface area contributed by atoms with Gasteiger partial charge >= 0.3 is 6.09 Å². The van der Waals surface area contributed by atoms with Crippen LogP contribution in [-0.2, 0) is 15.1 Å². The smallest absolute Gasteiger partial charge is 0.410 e. The number of piperazine rings is 1. The second-order valence-corrected chi connectivity index (χ2v) is 15.0. The van der Waals surface area contributed by atoms with Gasteiger partial charge in [0.1, 0.15) is 11.3 Å². The Bertz CT molecular complexity index is 1790. The molecule has 3 aliphatic rings. The number of likely N-dealkylation sites (tertiary alicyclic amines) is 1. The van der Waals surface area contributed by atoms with Crippen molar-refractivity contribution in [1.29, 1.82) is 0 Å². The van der Waals surface area contributed by atoms with E-state index in [0.29, 0.717) is 57.8 Å². The fourth-order valence-corrected chi connectivity index (χ4v) is 6.62. The minimum atomic E-state index is -2.85. The Morgan fingerprint density at radius 2 is 1.62 bits per heavy atom. The maximum absolute atomic E-state index is 16.1. The van der Waals surface area contributed by atoms with E-state index in [1.54, 1.807) is 11.1 Å². The fourth-order valence-electron chi connectivity index (χ4n) is 6.62. The highest BCUT2D eigenvalue weighted by Gasteiger charge is 2.58. The summed E-state index contributed by atoms with van der Waals surface area (Å²) in [5.74, 6) is -5.47. The standard InChI is InChI=1S/C35H44F3N7O5/c1-33(2,3)50-32(48)44-15-13-42(14-16-44)20-27(46)43-11-9-21(10-12-43)25-18-45-19-26(28(34(4,5)49)29(36)30(45)40-25)41-31(47)24-8-6-7-23(39-24)22-17-35(22,37)38/h6-8,18-19,21-22,49H,9-17,20H2,1-5H3,(H,41,47). The van der Waals surface area contributed by atoms with Crippen molar-refractivity contribution in [3.8, 4) is 0 Å². The second-order valence-electron chi connectivity index (χ2n) is 15.0. The van der Waals surface area contributed by atoms with Gasteiger partial charge in [-0.3, -0.25) is 14.5 Å². The molecule has 2 aliphatic heterocycles. The van der Waals surface area contributed by atoms with E-state index >= 15 is 4.39 Å². The predicted molar refractivity (Wildman–Crippen MR) is 178 cm³/mol. The molecule has 3 amide bonds. The third kappa shape index (κ3) is 7.73. The zero-order chi connectivity index (χ0) is 36.2. The van der Waals surface area contributed by atoms with E-state index in [2.05, 4.69) is 15.3 Å². The predicted octanol–water partition coefficient (Wildman–Crippen LogP) is 4.73. The lowest BCUT2D eigenvalue weighted by Gasteiger charge is -2.37. The number of hydrogen-bond donors (Lipinski definition) is 2. The van der Waals surface area contributed by atoms with Crippen molar-refractivity contribution in [1.82, 2.24) is 29.1 Å². The van der Waals surface area contributed by atoms with Gasteiger partial charge in [0.15, 0.2) is 11.5 Å². The topological polar surface area (TPSA) is 133 Å². The summed E-state index contributed by atoms with van der Waals surface area (Å²) in [5.41, 5.74) is -1.85. The van der Waals surface area contributed by atoms with Crippen molar-refractivity contribution in [3.05, 3.63) is 59.1 Å². The molecule has 50 heavy (non-hydrogen) atoms. The van der Waals surface area contributed by atoms with Crippen LogP contribution in [0.1, 0.15) is 93.2 Å². The molecular weight excluding hydrogens is 655 g/mol. The number of anilines is 1. The summed E-state index contributed by atoms with van der Waals surface area (Å²) in [5, 5.41) is 13.5. The van der Waals surface area contributed by atoms with Gasteiger partial charge in [0.05, 0.1) is 35.1 Å². The Morgan fingerprint density at radius 1 is 0.960 bits per heavy atom. The molecule has 2 saturated heterocycles. The molecule has 6 rings (SSSR count). The molecule has 12 nitrogen and oxygen atoms in total. The number of aromatic nitrogens is 3. The Kier molecular flexibility index (Phi) is 9.35. The number of alkyl halides is 2. The van der Waals surface area contributed by atoms with E-state index in [-0.39, 0.29) is 59.2 Å². The van der Waals surface area contributed by atoms with Crippen LogP contribution in [0.2, 0.25) is 0 Å². The number of hydrogen-bond acceptors (Lipinski definition) is 8. The average Bonchev–Trinajstić information content (AvgIpc) is 3.46. The Hall–Kier alpha value is -4.24. The number of aliphatic hydroxyl groups is 1. The van der Waals surface area contributed by atoms with E-state index in [0.717, 1.165) is 0 Å². The van der Waals surface area contributed by atoms with Gasteiger partial charge in [0.2, 0.25) is 5.91 Å². The summed E-state index contributed by atoms with van der Waals surface area (Å²) in [6, 6.07) is 4.31. The first-order chi connectivity index (χ1) is 23.4. The van der Waals surface area contributed by atoms with Crippen molar-refractivity contribution in [2.75, 3.05) is 51.1 Å². The summed E-state index contributed by atoms with van der Waals surface area (Å²) >= 11 is 0. The molecule has 270 valence electrons. The number of pyridine rings is 2. The lowest BCUT2D eigenvalue weighted by molar-refractivity contribution is -0.133. The normalized spacial score (nSPS) is 20.2. The number of rotatable bonds is 7. The van der Waals surface area contributed by atoms with E-state index in [1.807, 2.05) is 30.6 Å². The molecule has 0 aromatic carbocycles. The molecule has 1 unspecified atom stereocenters. The van der Waals surface area contributed by atoms with Gasteiger partial charge in [0.25, 0.3) is 11.8 Å². The molecule has 2 N–H and O–H groups in total. The van der Waals surface area contributed by atoms with Crippen molar-refractivity contribution < 1.29 is 37.4 Å². The van der Waals surface area contributed by atoms with Gasteiger partial charge in [-0.05, 0) is 59.6 Å².